The minimum absolute atomic E-state index is 0.613. The number of halogens is 1. The van der Waals surface area contributed by atoms with Gasteiger partial charge in [-0.2, -0.15) is 11.8 Å². The fourth-order valence-corrected chi connectivity index (χ4v) is 2.71. The highest BCUT2D eigenvalue weighted by Gasteiger charge is 2.07. The van der Waals surface area contributed by atoms with Crippen molar-refractivity contribution in [1.29, 1.82) is 0 Å². The first-order valence-corrected chi connectivity index (χ1v) is 7.81. The highest BCUT2D eigenvalue weighted by Crippen LogP contribution is 2.22. The summed E-state index contributed by atoms with van der Waals surface area (Å²) in [6, 6.07) is 6.06. The lowest BCUT2D eigenvalue weighted by Crippen LogP contribution is -2.03. The standard InChI is InChI=1S/C12H16BrN3S/c1-17-7-3-2-6-16-11-8-9(13)4-5-10(11)15-12(16)14/h4-5,8H,2-3,6-7H2,1H3,(H2,14,15). The van der Waals surface area contributed by atoms with Gasteiger partial charge in [0.05, 0.1) is 11.0 Å². The Labute approximate surface area is 114 Å². The summed E-state index contributed by atoms with van der Waals surface area (Å²) in [7, 11) is 0. The number of aryl methyl sites for hydroxylation is 1. The van der Waals surface area contributed by atoms with Crippen LogP contribution in [0.2, 0.25) is 0 Å². The number of unbranched alkanes of at least 4 members (excludes halogenated alkanes) is 1. The van der Waals surface area contributed by atoms with Crippen LogP contribution < -0.4 is 5.73 Å². The number of nitrogen functional groups attached to an aromatic ring is 1. The van der Waals surface area contributed by atoms with Gasteiger partial charge in [-0.1, -0.05) is 15.9 Å². The lowest BCUT2D eigenvalue weighted by atomic mass is 10.3. The lowest BCUT2D eigenvalue weighted by molar-refractivity contribution is 0.656. The molecule has 0 fully saturated rings. The van der Waals surface area contributed by atoms with Crippen molar-refractivity contribution in [1.82, 2.24) is 9.55 Å². The maximum Gasteiger partial charge on any atom is 0.201 e. The molecule has 0 spiro atoms. The van der Waals surface area contributed by atoms with Gasteiger partial charge in [0.25, 0.3) is 0 Å². The molecule has 0 saturated heterocycles. The van der Waals surface area contributed by atoms with Gasteiger partial charge in [-0.3, -0.25) is 0 Å². The Bertz CT molecular complexity index is 510. The number of nitrogens with two attached hydrogens (primary N) is 1. The van der Waals surface area contributed by atoms with Crippen LogP contribution in [0.3, 0.4) is 0 Å². The normalized spacial score (nSPS) is 11.2. The Balaban J connectivity index is 2.20. The van der Waals surface area contributed by atoms with Gasteiger partial charge in [-0.15, -0.1) is 0 Å². The first kappa shape index (κ1) is 12.8. The number of nitrogens with zero attached hydrogens (tertiary/aromatic N) is 2. The molecule has 1 aromatic heterocycles. The van der Waals surface area contributed by atoms with E-state index in [1.54, 1.807) is 0 Å². The molecule has 3 nitrogen and oxygen atoms in total. The Hall–Kier alpha value is -0.680. The number of aromatic nitrogens is 2. The molecule has 0 atom stereocenters. The van der Waals surface area contributed by atoms with Gasteiger partial charge in [0, 0.05) is 11.0 Å². The van der Waals surface area contributed by atoms with Crippen molar-refractivity contribution in [2.75, 3.05) is 17.7 Å². The van der Waals surface area contributed by atoms with E-state index in [1.165, 1.54) is 12.2 Å². The maximum absolute atomic E-state index is 5.95. The summed E-state index contributed by atoms with van der Waals surface area (Å²) >= 11 is 5.37. The summed E-state index contributed by atoms with van der Waals surface area (Å²) in [6.45, 7) is 0.944. The largest absolute Gasteiger partial charge is 0.369 e. The summed E-state index contributed by atoms with van der Waals surface area (Å²) in [6.07, 6.45) is 4.50. The summed E-state index contributed by atoms with van der Waals surface area (Å²) in [5, 5.41) is 0. The molecule has 0 bridgehead atoms. The van der Waals surface area contributed by atoms with Crippen LogP contribution in [-0.4, -0.2) is 21.6 Å². The number of hydrogen-bond acceptors (Lipinski definition) is 3. The number of benzene rings is 1. The minimum atomic E-state index is 0.613. The number of fused-ring (bicyclic) bond motifs is 1. The average Bonchev–Trinajstić information content (AvgIpc) is 2.61. The molecule has 92 valence electrons. The van der Waals surface area contributed by atoms with E-state index in [2.05, 4.69) is 37.8 Å². The molecule has 17 heavy (non-hydrogen) atoms. The maximum atomic E-state index is 5.95. The van der Waals surface area contributed by atoms with Gasteiger partial charge in [-0.25, -0.2) is 4.98 Å². The average molecular weight is 314 g/mol. The van der Waals surface area contributed by atoms with Gasteiger partial charge in [0.1, 0.15) is 0 Å². The number of imidazole rings is 1. The second-order valence-corrected chi connectivity index (χ2v) is 5.86. The van der Waals surface area contributed by atoms with E-state index in [9.17, 15) is 0 Å². The van der Waals surface area contributed by atoms with Gasteiger partial charge in [0.15, 0.2) is 0 Å². The van der Waals surface area contributed by atoms with Crippen molar-refractivity contribution in [3.8, 4) is 0 Å². The van der Waals surface area contributed by atoms with E-state index in [0.29, 0.717) is 5.95 Å². The van der Waals surface area contributed by atoms with Gasteiger partial charge >= 0.3 is 0 Å². The van der Waals surface area contributed by atoms with Crippen molar-refractivity contribution in [3.63, 3.8) is 0 Å². The molecule has 2 aromatic rings. The van der Waals surface area contributed by atoms with Crippen LogP contribution in [0.5, 0.6) is 0 Å². The highest BCUT2D eigenvalue weighted by atomic mass is 79.9. The zero-order valence-electron chi connectivity index (χ0n) is 9.82. The molecule has 0 saturated carbocycles. The highest BCUT2D eigenvalue weighted by molar-refractivity contribution is 9.10. The van der Waals surface area contributed by atoms with E-state index in [-0.39, 0.29) is 0 Å². The van der Waals surface area contributed by atoms with E-state index in [0.717, 1.165) is 28.5 Å². The second kappa shape index (κ2) is 5.78. The van der Waals surface area contributed by atoms with Gasteiger partial charge < -0.3 is 10.3 Å². The van der Waals surface area contributed by atoms with Crippen LogP contribution in [0.25, 0.3) is 11.0 Å². The third-order valence-electron chi connectivity index (χ3n) is 2.72. The molecule has 2 N–H and O–H groups in total. The topological polar surface area (TPSA) is 43.8 Å². The minimum Gasteiger partial charge on any atom is -0.369 e. The van der Waals surface area contributed by atoms with Crippen LogP contribution in [0.4, 0.5) is 5.95 Å². The molecular weight excluding hydrogens is 298 g/mol. The molecule has 5 heteroatoms. The van der Waals surface area contributed by atoms with E-state index >= 15 is 0 Å². The first-order chi connectivity index (χ1) is 8.22. The van der Waals surface area contributed by atoms with Gasteiger partial charge in [-0.05, 0) is 43.0 Å². The molecule has 2 rings (SSSR count). The monoisotopic (exact) mass is 313 g/mol. The van der Waals surface area contributed by atoms with Crippen molar-refractivity contribution in [3.05, 3.63) is 22.7 Å². The predicted octanol–water partition coefficient (Wildman–Crippen LogP) is 3.52. The van der Waals surface area contributed by atoms with Crippen molar-refractivity contribution < 1.29 is 0 Å². The zero-order valence-corrected chi connectivity index (χ0v) is 12.2. The lowest BCUT2D eigenvalue weighted by Gasteiger charge is -2.06. The third kappa shape index (κ3) is 2.96. The van der Waals surface area contributed by atoms with Crippen LogP contribution in [0.1, 0.15) is 12.8 Å². The Morgan fingerprint density at radius 3 is 3.00 bits per heavy atom. The zero-order chi connectivity index (χ0) is 12.3. The van der Waals surface area contributed by atoms with Crippen LogP contribution in [0.15, 0.2) is 22.7 Å². The van der Waals surface area contributed by atoms with Crippen LogP contribution >= 0.6 is 27.7 Å². The summed E-state index contributed by atoms with van der Waals surface area (Å²) in [5.74, 6) is 1.82. The van der Waals surface area contributed by atoms with Crippen molar-refractivity contribution in [2.24, 2.45) is 0 Å². The Kier molecular flexibility index (Phi) is 4.34. The Morgan fingerprint density at radius 2 is 2.24 bits per heavy atom. The van der Waals surface area contributed by atoms with Crippen LogP contribution in [-0.2, 0) is 6.54 Å². The summed E-state index contributed by atoms with van der Waals surface area (Å²) in [4.78, 5) is 4.37. The molecule has 0 unspecified atom stereocenters. The number of rotatable bonds is 5. The molecule has 0 aliphatic carbocycles. The molecule has 0 aliphatic heterocycles. The molecule has 0 amide bonds. The summed E-state index contributed by atoms with van der Waals surface area (Å²) in [5.41, 5.74) is 8.03. The number of thioether (sulfide) groups is 1. The third-order valence-corrected chi connectivity index (χ3v) is 3.91. The SMILES string of the molecule is CSCCCCn1c(N)nc2ccc(Br)cc21. The quantitative estimate of drug-likeness (QED) is 0.859. The van der Waals surface area contributed by atoms with E-state index in [1.807, 2.05) is 23.9 Å². The predicted molar refractivity (Wildman–Crippen MR) is 79.5 cm³/mol. The molecule has 0 aliphatic rings. The first-order valence-electron chi connectivity index (χ1n) is 5.62. The number of hydrogen-bond donors (Lipinski definition) is 1. The van der Waals surface area contributed by atoms with E-state index in [4.69, 9.17) is 5.73 Å². The molecule has 1 heterocycles. The fourth-order valence-electron chi connectivity index (χ4n) is 1.87. The smallest absolute Gasteiger partial charge is 0.201 e. The molecule has 0 radical (unpaired) electrons. The van der Waals surface area contributed by atoms with Crippen molar-refractivity contribution in [2.45, 2.75) is 19.4 Å². The second-order valence-electron chi connectivity index (χ2n) is 3.95. The molecular formula is C12H16BrN3S. The number of anilines is 1. The van der Waals surface area contributed by atoms with Gasteiger partial charge in [0.2, 0.25) is 5.95 Å². The summed E-state index contributed by atoms with van der Waals surface area (Å²) < 4.78 is 3.16. The van der Waals surface area contributed by atoms with Crippen molar-refractivity contribution >= 4 is 44.7 Å². The van der Waals surface area contributed by atoms with Crippen LogP contribution in [0, 0.1) is 0 Å². The molecule has 1 aromatic carbocycles. The van der Waals surface area contributed by atoms with E-state index < -0.39 is 0 Å². The fraction of sp³-hybridized carbons (Fsp3) is 0.417. The Morgan fingerprint density at radius 1 is 1.41 bits per heavy atom.